The minimum Gasteiger partial charge on any atom is -0.0922 e. The smallest absolute Gasteiger partial charge is 0.0408 e. The fourth-order valence-electron chi connectivity index (χ4n) is 2.11. The molecule has 1 aromatic carbocycles. The van der Waals surface area contributed by atoms with E-state index in [9.17, 15) is 0 Å². The van der Waals surface area contributed by atoms with E-state index in [0.717, 1.165) is 10.4 Å². The summed E-state index contributed by atoms with van der Waals surface area (Å²) in [7, 11) is 0. The van der Waals surface area contributed by atoms with Crippen LogP contribution in [0.25, 0.3) is 0 Å². The summed E-state index contributed by atoms with van der Waals surface area (Å²) in [6, 6.07) is 8.24. The quantitative estimate of drug-likeness (QED) is 0.714. The maximum atomic E-state index is 5.97. The van der Waals surface area contributed by atoms with Gasteiger partial charge in [-0.3, -0.25) is 0 Å². The summed E-state index contributed by atoms with van der Waals surface area (Å²) in [5, 5.41) is 1.97. The first kappa shape index (κ1) is 10.5. The molecule has 0 nitrogen and oxygen atoms in total. The summed E-state index contributed by atoms with van der Waals surface area (Å²) in [6.07, 6.45) is 5.25. The summed E-state index contributed by atoms with van der Waals surface area (Å²) in [5.41, 5.74) is 1.89. The number of hydrogen-bond acceptors (Lipinski definition) is 0. The molecule has 0 aliphatic heterocycles. The second-order valence-electron chi connectivity index (χ2n) is 4.29. The zero-order valence-electron chi connectivity index (χ0n) is 8.10. The highest BCUT2D eigenvalue weighted by Gasteiger charge is 2.35. The molecule has 1 aromatic rings. The highest BCUT2D eigenvalue weighted by atomic mass is 79.9. The Labute approximate surface area is 98.8 Å². The highest BCUT2D eigenvalue weighted by Crippen LogP contribution is 2.45. The molecule has 14 heavy (non-hydrogen) atoms. The molecule has 0 saturated heterocycles. The largest absolute Gasteiger partial charge is 0.0922 e. The molecule has 0 spiro atoms. The first-order valence-corrected chi connectivity index (χ1v) is 6.54. The summed E-state index contributed by atoms with van der Waals surface area (Å²) in [6.45, 7) is 0. The van der Waals surface area contributed by atoms with Crippen LogP contribution in [0.15, 0.2) is 24.3 Å². The molecular weight excluding hydrogens is 259 g/mol. The standard InChI is InChI=1S/C12H14BrCl/c13-9-12(5-2-6-12)8-10-3-1-4-11(14)7-10/h1,3-4,7H,2,5-6,8-9H2. The molecule has 2 heteroatoms. The maximum Gasteiger partial charge on any atom is 0.0408 e. The summed E-state index contributed by atoms with van der Waals surface area (Å²) in [5.74, 6) is 0. The van der Waals surface area contributed by atoms with Crippen molar-refractivity contribution >= 4 is 27.5 Å². The highest BCUT2D eigenvalue weighted by molar-refractivity contribution is 9.09. The van der Waals surface area contributed by atoms with Crippen LogP contribution in [0.4, 0.5) is 0 Å². The van der Waals surface area contributed by atoms with Crippen LogP contribution < -0.4 is 0 Å². The zero-order valence-corrected chi connectivity index (χ0v) is 10.4. The van der Waals surface area contributed by atoms with Crippen molar-refractivity contribution in [1.29, 1.82) is 0 Å². The molecule has 0 amide bonds. The molecule has 1 aliphatic carbocycles. The van der Waals surface area contributed by atoms with Gasteiger partial charge in [-0.1, -0.05) is 46.1 Å². The fourth-order valence-corrected chi connectivity index (χ4v) is 3.09. The van der Waals surface area contributed by atoms with Crippen LogP contribution in [0, 0.1) is 5.41 Å². The molecule has 76 valence electrons. The zero-order chi connectivity index (χ0) is 10.0. The second-order valence-corrected chi connectivity index (χ2v) is 5.29. The van der Waals surface area contributed by atoms with Gasteiger partial charge in [0.25, 0.3) is 0 Å². The van der Waals surface area contributed by atoms with E-state index in [0.29, 0.717) is 5.41 Å². The molecule has 0 atom stereocenters. The van der Waals surface area contributed by atoms with Crippen LogP contribution in [0.1, 0.15) is 24.8 Å². The van der Waals surface area contributed by atoms with Gasteiger partial charge >= 0.3 is 0 Å². The number of alkyl halides is 1. The Morgan fingerprint density at radius 3 is 2.64 bits per heavy atom. The van der Waals surface area contributed by atoms with Gasteiger partial charge in [0.2, 0.25) is 0 Å². The van der Waals surface area contributed by atoms with E-state index in [4.69, 9.17) is 11.6 Å². The van der Waals surface area contributed by atoms with Crippen LogP contribution in [0.2, 0.25) is 5.02 Å². The first-order chi connectivity index (χ1) is 6.74. The Morgan fingerprint density at radius 2 is 2.14 bits per heavy atom. The summed E-state index contributed by atoms with van der Waals surface area (Å²) < 4.78 is 0. The number of rotatable bonds is 3. The Bertz CT molecular complexity index is 312. The van der Waals surface area contributed by atoms with Crippen molar-refractivity contribution in [2.24, 2.45) is 5.41 Å². The van der Waals surface area contributed by atoms with E-state index < -0.39 is 0 Å². The van der Waals surface area contributed by atoms with E-state index >= 15 is 0 Å². The minimum absolute atomic E-state index is 0.519. The molecule has 0 aromatic heterocycles. The van der Waals surface area contributed by atoms with Crippen LogP contribution in [0.5, 0.6) is 0 Å². The average molecular weight is 274 g/mol. The lowest BCUT2D eigenvalue weighted by Gasteiger charge is -2.40. The average Bonchev–Trinajstić information content (AvgIpc) is 2.11. The number of benzene rings is 1. The minimum atomic E-state index is 0.519. The van der Waals surface area contributed by atoms with E-state index in [-0.39, 0.29) is 0 Å². The van der Waals surface area contributed by atoms with Gasteiger partial charge < -0.3 is 0 Å². The van der Waals surface area contributed by atoms with Gasteiger partial charge in [0.1, 0.15) is 0 Å². The molecule has 0 radical (unpaired) electrons. The van der Waals surface area contributed by atoms with Crippen LogP contribution in [0.3, 0.4) is 0 Å². The van der Waals surface area contributed by atoms with Crippen molar-refractivity contribution in [3.63, 3.8) is 0 Å². The lowest BCUT2D eigenvalue weighted by atomic mass is 9.67. The normalized spacial score (nSPS) is 19.0. The van der Waals surface area contributed by atoms with Crippen molar-refractivity contribution in [2.45, 2.75) is 25.7 Å². The fraction of sp³-hybridized carbons (Fsp3) is 0.500. The van der Waals surface area contributed by atoms with E-state index in [1.54, 1.807) is 0 Å². The topological polar surface area (TPSA) is 0 Å². The van der Waals surface area contributed by atoms with Crippen LogP contribution >= 0.6 is 27.5 Å². The Kier molecular flexibility index (Phi) is 3.18. The van der Waals surface area contributed by atoms with Gasteiger partial charge in [0.15, 0.2) is 0 Å². The third kappa shape index (κ3) is 2.14. The van der Waals surface area contributed by atoms with E-state index in [1.165, 1.54) is 31.2 Å². The van der Waals surface area contributed by atoms with Crippen LogP contribution in [-0.2, 0) is 6.42 Å². The molecule has 0 bridgehead atoms. The van der Waals surface area contributed by atoms with Crippen LogP contribution in [-0.4, -0.2) is 5.33 Å². The van der Waals surface area contributed by atoms with Crippen molar-refractivity contribution in [3.8, 4) is 0 Å². The molecule has 0 heterocycles. The molecule has 2 rings (SSSR count). The SMILES string of the molecule is Clc1cccc(CC2(CBr)CCC2)c1. The Balaban J connectivity index is 2.09. The van der Waals surface area contributed by atoms with E-state index in [1.807, 2.05) is 12.1 Å². The summed E-state index contributed by atoms with van der Waals surface area (Å²) in [4.78, 5) is 0. The molecule has 1 fully saturated rings. The Morgan fingerprint density at radius 1 is 1.36 bits per heavy atom. The molecule has 0 unspecified atom stereocenters. The third-order valence-electron chi connectivity index (χ3n) is 3.17. The third-order valence-corrected chi connectivity index (χ3v) is 4.59. The molecule has 1 aliphatic rings. The number of hydrogen-bond donors (Lipinski definition) is 0. The predicted octanol–water partition coefficient (Wildman–Crippen LogP) is 4.45. The lowest BCUT2D eigenvalue weighted by molar-refractivity contribution is 0.170. The molecular formula is C12H14BrCl. The second kappa shape index (κ2) is 4.24. The maximum absolute atomic E-state index is 5.97. The monoisotopic (exact) mass is 272 g/mol. The van der Waals surface area contributed by atoms with Crippen molar-refractivity contribution < 1.29 is 0 Å². The van der Waals surface area contributed by atoms with Gasteiger partial charge in [-0.05, 0) is 42.4 Å². The predicted molar refractivity (Wildman–Crippen MR) is 65.2 cm³/mol. The molecule has 0 N–H and O–H groups in total. The van der Waals surface area contributed by atoms with Gasteiger partial charge in [-0.2, -0.15) is 0 Å². The van der Waals surface area contributed by atoms with Gasteiger partial charge in [0.05, 0.1) is 0 Å². The van der Waals surface area contributed by atoms with Crippen molar-refractivity contribution in [2.75, 3.05) is 5.33 Å². The van der Waals surface area contributed by atoms with Crippen molar-refractivity contribution in [3.05, 3.63) is 34.9 Å². The van der Waals surface area contributed by atoms with Gasteiger partial charge in [-0.15, -0.1) is 0 Å². The van der Waals surface area contributed by atoms with E-state index in [2.05, 4.69) is 28.1 Å². The molecule has 1 saturated carbocycles. The van der Waals surface area contributed by atoms with Gasteiger partial charge in [0, 0.05) is 10.4 Å². The van der Waals surface area contributed by atoms with Crippen molar-refractivity contribution in [1.82, 2.24) is 0 Å². The number of halogens is 2. The lowest BCUT2D eigenvalue weighted by Crippen LogP contribution is -2.33. The first-order valence-electron chi connectivity index (χ1n) is 5.05. The van der Waals surface area contributed by atoms with Gasteiger partial charge in [-0.25, -0.2) is 0 Å². The Hall–Kier alpha value is -0.0100. The summed E-state index contributed by atoms with van der Waals surface area (Å²) >= 11 is 9.59.